The Hall–Kier alpha value is -3.34. The molecule has 0 heterocycles. The van der Waals surface area contributed by atoms with Crippen LogP contribution in [-0.2, 0) is 14.8 Å². The molecule has 3 aromatic rings. The number of anilines is 2. The Morgan fingerprint density at radius 3 is 2.42 bits per heavy atom. The zero-order valence-electron chi connectivity index (χ0n) is 17.1. The molecule has 0 saturated carbocycles. The van der Waals surface area contributed by atoms with Crippen molar-refractivity contribution in [2.75, 3.05) is 23.3 Å². The van der Waals surface area contributed by atoms with Crippen LogP contribution >= 0.6 is 23.2 Å². The van der Waals surface area contributed by atoms with Crippen LogP contribution in [0.25, 0.3) is 0 Å². The average molecular weight is 510 g/mol. The molecule has 0 aliphatic rings. The largest absolute Gasteiger partial charge is 0.495 e. The maximum Gasteiger partial charge on any atom is 0.271 e. The number of halogens is 2. The van der Waals surface area contributed by atoms with Gasteiger partial charge in [0.1, 0.15) is 12.3 Å². The van der Waals surface area contributed by atoms with Crippen molar-refractivity contribution >= 4 is 56.2 Å². The first-order valence-electron chi connectivity index (χ1n) is 9.28. The van der Waals surface area contributed by atoms with Gasteiger partial charge in [-0.3, -0.25) is 19.2 Å². The fourth-order valence-corrected chi connectivity index (χ4v) is 4.81. The molecule has 1 amide bonds. The fraction of sp³-hybridized carbons (Fsp3) is 0.0952. The van der Waals surface area contributed by atoms with Crippen molar-refractivity contribution in [2.24, 2.45) is 0 Å². The number of hydrogen-bond donors (Lipinski definition) is 1. The summed E-state index contributed by atoms with van der Waals surface area (Å²) in [5, 5.41) is 13.8. The Bertz CT molecular complexity index is 1300. The zero-order chi connectivity index (χ0) is 24.2. The van der Waals surface area contributed by atoms with Crippen LogP contribution in [0.1, 0.15) is 0 Å². The third-order valence-electron chi connectivity index (χ3n) is 4.46. The quantitative estimate of drug-likeness (QED) is 0.345. The Balaban J connectivity index is 2.01. The van der Waals surface area contributed by atoms with Crippen molar-refractivity contribution in [1.82, 2.24) is 0 Å². The molecule has 0 saturated heterocycles. The number of rotatable bonds is 8. The highest BCUT2D eigenvalue weighted by molar-refractivity contribution is 7.92. The summed E-state index contributed by atoms with van der Waals surface area (Å²) in [4.78, 5) is 23.3. The van der Waals surface area contributed by atoms with Crippen LogP contribution in [0, 0.1) is 10.1 Å². The zero-order valence-corrected chi connectivity index (χ0v) is 19.4. The van der Waals surface area contributed by atoms with Gasteiger partial charge in [0, 0.05) is 17.2 Å². The van der Waals surface area contributed by atoms with Gasteiger partial charge in [-0.25, -0.2) is 8.42 Å². The molecule has 0 radical (unpaired) electrons. The third kappa shape index (κ3) is 5.54. The lowest BCUT2D eigenvalue weighted by molar-refractivity contribution is -0.384. The molecule has 0 aliphatic heterocycles. The second-order valence-corrected chi connectivity index (χ2v) is 9.32. The van der Waals surface area contributed by atoms with Gasteiger partial charge in [-0.15, -0.1) is 0 Å². The monoisotopic (exact) mass is 509 g/mol. The van der Waals surface area contributed by atoms with Gasteiger partial charge in [0.15, 0.2) is 0 Å². The highest BCUT2D eigenvalue weighted by Gasteiger charge is 2.29. The number of nitrogens with zero attached hydrogens (tertiary/aromatic N) is 2. The lowest BCUT2D eigenvalue weighted by Crippen LogP contribution is -2.38. The van der Waals surface area contributed by atoms with E-state index in [1.54, 1.807) is 18.2 Å². The van der Waals surface area contributed by atoms with Crippen LogP contribution in [0.5, 0.6) is 5.75 Å². The molecule has 12 heteroatoms. The third-order valence-corrected chi connectivity index (χ3v) is 6.79. The fourth-order valence-electron chi connectivity index (χ4n) is 2.92. The number of hydrogen-bond acceptors (Lipinski definition) is 6. The van der Waals surface area contributed by atoms with Gasteiger partial charge in [0.25, 0.3) is 15.7 Å². The molecule has 0 unspecified atom stereocenters. The van der Waals surface area contributed by atoms with Crippen molar-refractivity contribution in [2.45, 2.75) is 4.90 Å². The van der Waals surface area contributed by atoms with E-state index in [0.29, 0.717) is 0 Å². The summed E-state index contributed by atoms with van der Waals surface area (Å²) in [6.07, 6.45) is 0. The number of sulfonamides is 1. The minimum absolute atomic E-state index is 0.00539. The van der Waals surface area contributed by atoms with E-state index in [2.05, 4.69) is 5.32 Å². The molecule has 3 aromatic carbocycles. The Morgan fingerprint density at radius 1 is 1.09 bits per heavy atom. The average Bonchev–Trinajstić information content (AvgIpc) is 2.79. The first-order valence-corrected chi connectivity index (χ1v) is 11.5. The van der Waals surface area contributed by atoms with Gasteiger partial charge >= 0.3 is 0 Å². The number of amides is 1. The van der Waals surface area contributed by atoms with Gasteiger partial charge in [-0.2, -0.15) is 0 Å². The summed E-state index contributed by atoms with van der Waals surface area (Å²) in [5.41, 5.74) is -0.280. The van der Waals surface area contributed by atoms with Crippen LogP contribution in [-0.4, -0.2) is 32.9 Å². The minimum Gasteiger partial charge on any atom is -0.495 e. The predicted molar refractivity (Wildman–Crippen MR) is 126 cm³/mol. The summed E-state index contributed by atoms with van der Waals surface area (Å²) in [5.74, 6) is -0.628. The van der Waals surface area contributed by atoms with E-state index in [9.17, 15) is 23.3 Å². The Morgan fingerprint density at radius 2 is 1.79 bits per heavy atom. The van der Waals surface area contributed by atoms with Crippen molar-refractivity contribution in [1.29, 1.82) is 0 Å². The number of nitro benzene ring substituents is 1. The predicted octanol–water partition coefficient (Wildman–Crippen LogP) is 4.74. The molecular formula is C21H17Cl2N3O6S. The van der Waals surface area contributed by atoms with Gasteiger partial charge < -0.3 is 10.1 Å². The molecule has 0 fully saturated rings. The van der Waals surface area contributed by atoms with E-state index < -0.39 is 27.4 Å². The number of carbonyl (C=O) groups is 1. The van der Waals surface area contributed by atoms with E-state index in [1.165, 1.54) is 49.6 Å². The molecule has 0 spiro atoms. The van der Waals surface area contributed by atoms with E-state index >= 15 is 0 Å². The number of ether oxygens (including phenoxy) is 1. The van der Waals surface area contributed by atoms with Crippen molar-refractivity contribution in [3.63, 3.8) is 0 Å². The van der Waals surface area contributed by atoms with E-state index in [1.807, 2.05) is 0 Å². The highest BCUT2D eigenvalue weighted by atomic mass is 35.5. The van der Waals surface area contributed by atoms with Crippen molar-refractivity contribution in [3.8, 4) is 5.75 Å². The second-order valence-electron chi connectivity index (χ2n) is 6.61. The van der Waals surface area contributed by atoms with Crippen LogP contribution in [0.3, 0.4) is 0 Å². The van der Waals surface area contributed by atoms with Crippen molar-refractivity contribution in [3.05, 3.63) is 86.9 Å². The molecule has 0 bridgehead atoms. The topological polar surface area (TPSA) is 119 Å². The lowest BCUT2D eigenvalue weighted by Gasteiger charge is -2.25. The molecule has 0 atom stereocenters. The summed E-state index contributed by atoms with van der Waals surface area (Å²) in [6, 6.07) is 15.3. The van der Waals surface area contributed by atoms with Crippen LogP contribution in [0.4, 0.5) is 17.1 Å². The summed E-state index contributed by atoms with van der Waals surface area (Å²) in [6.45, 7) is -0.691. The molecule has 9 nitrogen and oxygen atoms in total. The Labute approximate surface area is 199 Å². The summed E-state index contributed by atoms with van der Waals surface area (Å²) in [7, 11) is -2.90. The first-order chi connectivity index (χ1) is 15.6. The number of methoxy groups -OCH3 is 1. The number of non-ortho nitro benzene ring substituents is 1. The molecule has 172 valence electrons. The molecule has 0 aromatic heterocycles. The molecule has 33 heavy (non-hydrogen) atoms. The summed E-state index contributed by atoms with van der Waals surface area (Å²) >= 11 is 12.3. The number of benzene rings is 3. The van der Waals surface area contributed by atoms with E-state index in [0.717, 1.165) is 10.4 Å². The van der Waals surface area contributed by atoms with E-state index in [-0.39, 0.29) is 37.8 Å². The molecule has 0 aliphatic carbocycles. The first kappa shape index (κ1) is 24.3. The maximum absolute atomic E-state index is 13.4. The summed E-state index contributed by atoms with van der Waals surface area (Å²) < 4.78 is 32.7. The van der Waals surface area contributed by atoms with E-state index in [4.69, 9.17) is 27.9 Å². The van der Waals surface area contributed by atoms with Crippen LogP contribution in [0.15, 0.2) is 71.6 Å². The molecule has 3 rings (SSSR count). The Kier molecular flexibility index (Phi) is 7.42. The van der Waals surface area contributed by atoms with Crippen molar-refractivity contribution < 1.29 is 22.9 Å². The smallest absolute Gasteiger partial charge is 0.271 e. The van der Waals surface area contributed by atoms with Crippen LogP contribution < -0.4 is 14.4 Å². The van der Waals surface area contributed by atoms with Crippen LogP contribution in [0.2, 0.25) is 10.0 Å². The van der Waals surface area contributed by atoms with Gasteiger partial charge in [0.05, 0.1) is 33.3 Å². The van der Waals surface area contributed by atoms with Gasteiger partial charge in [0.2, 0.25) is 5.91 Å². The molecular weight excluding hydrogens is 493 g/mol. The highest BCUT2D eigenvalue weighted by Crippen LogP contribution is 2.33. The number of carbonyl (C=O) groups excluding carboxylic acids is 1. The standard InChI is InChI=1S/C21H17Cl2N3O6S/c1-32-20-10-8-15(26(28)29)12-18(20)24-21(27)13-25(19-11-14(22)7-9-17(19)23)33(30,31)16-5-3-2-4-6-16/h2-12H,13H2,1H3,(H,24,27). The SMILES string of the molecule is COc1ccc([N+](=O)[O-])cc1NC(=O)CN(c1cc(Cl)ccc1Cl)S(=O)(=O)c1ccccc1. The number of nitro groups is 1. The van der Waals surface area contributed by atoms with Gasteiger partial charge in [-0.1, -0.05) is 41.4 Å². The second kappa shape index (κ2) is 10.1. The minimum atomic E-state index is -4.23. The lowest BCUT2D eigenvalue weighted by atomic mass is 10.2. The number of nitrogens with one attached hydrogen (secondary N) is 1. The normalized spacial score (nSPS) is 11.0. The molecule has 1 N–H and O–H groups in total. The van der Waals surface area contributed by atoms with Gasteiger partial charge in [-0.05, 0) is 36.4 Å². The maximum atomic E-state index is 13.4.